The molecule has 1 fully saturated rings. The molecule has 9 nitrogen and oxygen atoms in total. The predicted octanol–water partition coefficient (Wildman–Crippen LogP) is 5.25. The summed E-state index contributed by atoms with van der Waals surface area (Å²) in [4.78, 5) is 23.1. The first-order valence-corrected chi connectivity index (χ1v) is 13.6. The van der Waals surface area contributed by atoms with Crippen molar-refractivity contribution in [2.45, 2.75) is 33.7 Å². The van der Waals surface area contributed by atoms with Gasteiger partial charge in [0.25, 0.3) is 0 Å². The van der Waals surface area contributed by atoms with Crippen LogP contribution < -0.4 is 5.32 Å². The molecule has 0 aliphatic carbocycles. The van der Waals surface area contributed by atoms with Gasteiger partial charge in [0, 0.05) is 65.0 Å². The van der Waals surface area contributed by atoms with Crippen molar-refractivity contribution in [1.29, 1.82) is 0 Å². The first kappa shape index (κ1) is 25.8. The normalized spacial score (nSPS) is 13.5. The minimum absolute atomic E-state index is 0.241. The van der Waals surface area contributed by atoms with E-state index in [9.17, 15) is 4.79 Å². The molecule has 204 valence electrons. The maximum atomic E-state index is 12.2. The van der Waals surface area contributed by atoms with E-state index in [-0.39, 0.29) is 5.91 Å². The van der Waals surface area contributed by atoms with E-state index in [2.05, 4.69) is 58.1 Å². The second kappa shape index (κ2) is 10.2. The fourth-order valence-electron chi connectivity index (χ4n) is 5.41. The van der Waals surface area contributed by atoms with E-state index in [0.717, 1.165) is 80.1 Å². The number of pyridine rings is 1. The molecule has 1 aliphatic heterocycles. The first-order valence-electron chi connectivity index (χ1n) is 13.6. The number of rotatable bonds is 8. The van der Waals surface area contributed by atoms with Crippen molar-refractivity contribution in [2.75, 3.05) is 25.0 Å². The summed E-state index contributed by atoms with van der Waals surface area (Å²) in [6, 6.07) is 6.16. The third-order valence-electron chi connectivity index (χ3n) is 8.09. The lowest BCUT2D eigenvalue weighted by atomic mass is 9.93. The molecule has 4 aromatic heterocycles. The Morgan fingerprint density at radius 2 is 1.90 bits per heavy atom. The Morgan fingerprint density at radius 1 is 1.07 bits per heavy atom. The Labute approximate surface area is 233 Å². The summed E-state index contributed by atoms with van der Waals surface area (Å²) in [6.07, 6.45) is 10.4. The predicted molar refractivity (Wildman–Crippen MR) is 159 cm³/mol. The van der Waals surface area contributed by atoms with E-state index in [0.29, 0.717) is 0 Å². The Kier molecular flexibility index (Phi) is 6.59. The van der Waals surface area contributed by atoms with Crippen molar-refractivity contribution in [3.63, 3.8) is 0 Å². The zero-order valence-electron chi connectivity index (χ0n) is 23.5. The van der Waals surface area contributed by atoms with E-state index < -0.39 is 0 Å². The van der Waals surface area contributed by atoms with E-state index in [1.807, 2.05) is 54.1 Å². The molecular weight excluding hydrogens is 500 g/mol. The van der Waals surface area contributed by atoms with Crippen LogP contribution in [-0.4, -0.2) is 60.0 Å². The topological polar surface area (TPSA) is 96.7 Å². The number of aryl methyl sites for hydroxylation is 3. The van der Waals surface area contributed by atoms with E-state index in [1.165, 1.54) is 25.6 Å². The van der Waals surface area contributed by atoms with Gasteiger partial charge < -0.3 is 15.2 Å². The number of hydrogen-bond acceptors (Lipinski definition) is 5. The SMILES string of the molecule is C=CC(=O)Nc1cc(-c2c(-c3cnn(CCN4CCC4)c3)[nH]c3ncc(-c4cnn(C)c4C)c(C)c23)ccc1C. The molecule has 1 saturated heterocycles. The number of fused-ring (bicyclic) bond motifs is 1. The van der Waals surface area contributed by atoms with Crippen molar-refractivity contribution in [3.05, 3.63) is 72.5 Å². The van der Waals surface area contributed by atoms with Gasteiger partial charge in [0.05, 0.1) is 24.6 Å². The van der Waals surface area contributed by atoms with Gasteiger partial charge in [0.1, 0.15) is 5.65 Å². The molecule has 1 aromatic carbocycles. The summed E-state index contributed by atoms with van der Waals surface area (Å²) in [5.74, 6) is -0.241. The number of aromatic amines is 1. The summed E-state index contributed by atoms with van der Waals surface area (Å²) < 4.78 is 3.89. The van der Waals surface area contributed by atoms with Crippen LogP contribution in [0.3, 0.4) is 0 Å². The van der Waals surface area contributed by atoms with Gasteiger partial charge in [0.15, 0.2) is 0 Å². The zero-order chi connectivity index (χ0) is 28.0. The van der Waals surface area contributed by atoms with Crippen LogP contribution in [0.5, 0.6) is 0 Å². The van der Waals surface area contributed by atoms with Gasteiger partial charge in [-0.1, -0.05) is 18.7 Å². The van der Waals surface area contributed by atoms with Crippen LogP contribution in [0.15, 0.2) is 55.6 Å². The van der Waals surface area contributed by atoms with Crippen LogP contribution in [0.4, 0.5) is 5.69 Å². The Morgan fingerprint density at radius 3 is 2.60 bits per heavy atom. The van der Waals surface area contributed by atoms with Gasteiger partial charge in [-0.15, -0.1) is 0 Å². The third-order valence-corrected chi connectivity index (χ3v) is 8.09. The molecule has 0 radical (unpaired) electrons. The van der Waals surface area contributed by atoms with Gasteiger partial charge >= 0.3 is 0 Å². The first-order chi connectivity index (χ1) is 19.3. The average molecular weight is 535 g/mol. The monoisotopic (exact) mass is 534 g/mol. The number of anilines is 1. The highest BCUT2D eigenvalue weighted by Crippen LogP contribution is 2.42. The highest BCUT2D eigenvalue weighted by molar-refractivity contribution is 6.07. The molecule has 9 heteroatoms. The van der Waals surface area contributed by atoms with E-state index in [1.54, 1.807) is 0 Å². The summed E-state index contributed by atoms with van der Waals surface area (Å²) in [5, 5.41) is 13.1. The Balaban J connectivity index is 1.53. The average Bonchev–Trinajstić information content (AvgIpc) is 3.63. The molecule has 0 saturated carbocycles. The molecule has 6 rings (SSSR count). The van der Waals surface area contributed by atoms with Gasteiger partial charge in [-0.2, -0.15) is 10.2 Å². The van der Waals surface area contributed by atoms with Crippen LogP contribution >= 0.6 is 0 Å². The van der Waals surface area contributed by atoms with Gasteiger partial charge in [-0.25, -0.2) is 4.98 Å². The van der Waals surface area contributed by atoms with Crippen LogP contribution in [0.2, 0.25) is 0 Å². The minimum atomic E-state index is -0.241. The van der Waals surface area contributed by atoms with Crippen molar-refractivity contribution >= 4 is 22.6 Å². The van der Waals surface area contributed by atoms with Crippen LogP contribution in [0.25, 0.3) is 44.5 Å². The fourth-order valence-corrected chi connectivity index (χ4v) is 5.41. The molecule has 1 amide bonds. The number of amides is 1. The number of nitrogens with one attached hydrogen (secondary N) is 2. The van der Waals surface area contributed by atoms with E-state index >= 15 is 0 Å². The number of nitrogens with zero attached hydrogens (tertiary/aromatic N) is 6. The zero-order valence-corrected chi connectivity index (χ0v) is 23.5. The molecular formula is C31H34N8O. The van der Waals surface area contributed by atoms with Crippen molar-refractivity contribution in [3.8, 4) is 33.5 Å². The smallest absolute Gasteiger partial charge is 0.247 e. The van der Waals surface area contributed by atoms with Gasteiger partial charge in [-0.3, -0.25) is 14.2 Å². The van der Waals surface area contributed by atoms with E-state index in [4.69, 9.17) is 4.98 Å². The third kappa shape index (κ3) is 4.52. The van der Waals surface area contributed by atoms with Gasteiger partial charge in [-0.05, 0) is 69.1 Å². The Bertz CT molecular complexity index is 1750. The van der Waals surface area contributed by atoms with Crippen molar-refractivity contribution in [1.82, 2.24) is 34.4 Å². The lowest BCUT2D eigenvalue weighted by Crippen LogP contribution is -2.39. The molecule has 40 heavy (non-hydrogen) atoms. The largest absolute Gasteiger partial charge is 0.339 e. The second-order valence-electron chi connectivity index (χ2n) is 10.6. The minimum Gasteiger partial charge on any atom is -0.339 e. The summed E-state index contributed by atoms with van der Waals surface area (Å²) in [5.41, 5.74) is 10.8. The van der Waals surface area contributed by atoms with Crippen LogP contribution in [0, 0.1) is 20.8 Å². The number of benzene rings is 1. The maximum Gasteiger partial charge on any atom is 0.247 e. The number of H-pyrrole nitrogens is 1. The quantitative estimate of drug-likeness (QED) is 0.265. The maximum absolute atomic E-state index is 12.2. The molecule has 0 unspecified atom stereocenters. The molecule has 0 bridgehead atoms. The van der Waals surface area contributed by atoms with Crippen molar-refractivity contribution < 1.29 is 4.79 Å². The highest BCUT2D eigenvalue weighted by atomic mass is 16.1. The van der Waals surface area contributed by atoms with Gasteiger partial charge in [0.2, 0.25) is 5.91 Å². The number of likely N-dealkylation sites (tertiary alicyclic amines) is 1. The molecule has 0 spiro atoms. The fraction of sp³-hybridized carbons (Fsp3) is 0.290. The number of carbonyl (C=O) groups excluding carboxylic acids is 1. The standard InChI is InChI=1S/C31H34N8O/c1-6-27(40)35-26-14-22(9-8-19(26)2)29-28-20(3)24(25-17-33-37(5)21(25)4)16-32-31(28)36-30(29)23-15-34-39(18-23)13-12-38-10-7-11-38/h6,8-9,14-18H,1,7,10-13H2,2-5H3,(H,32,36)(H,35,40). The molecule has 2 N–H and O–H groups in total. The molecule has 5 heterocycles. The lowest BCUT2D eigenvalue weighted by Gasteiger charge is -2.30. The van der Waals surface area contributed by atoms with Crippen LogP contribution in [0.1, 0.15) is 23.2 Å². The summed E-state index contributed by atoms with van der Waals surface area (Å²) in [7, 11) is 1.95. The highest BCUT2D eigenvalue weighted by Gasteiger charge is 2.23. The van der Waals surface area contributed by atoms with Crippen LogP contribution in [-0.2, 0) is 18.4 Å². The lowest BCUT2D eigenvalue weighted by molar-refractivity contribution is -0.111. The Hall–Kier alpha value is -4.50. The number of hydrogen-bond donors (Lipinski definition) is 2. The molecule has 0 atom stereocenters. The second-order valence-corrected chi connectivity index (χ2v) is 10.6. The van der Waals surface area contributed by atoms with Crippen molar-refractivity contribution in [2.24, 2.45) is 7.05 Å². The molecule has 1 aliphatic rings. The summed E-state index contributed by atoms with van der Waals surface area (Å²) >= 11 is 0. The number of aromatic nitrogens is 6. The molecule has 5 aromatic rings. The number of carbonyl (C=O) groups is 1. The summed E-state index contributed by atoms with van der Waals surface area (Å²) in [6.45, 7) is 14.0.